The smallest absolute Gasteiger partial charge is 0.233 e. The lowest BCUT2D eigenvalue weighted by molar-refractivity contribution is -0.131. The molecule has 23 heavy (non-hydrogen) atoms. The van der Waals surface area contributed by atoms with E-state index in [9.17, 15) is 4.79 Å². The van der Waals surface area contributed by atoms with Gasteiger partial charge in [0.05, 0.1) is 5.75 Å². The predicted molar refractivity (Wildman–Crippen MR) is 95.3 cm³/mol. The number of aromatic amines is 1. The minimum absolute atomic E-state index is 0.178. The zero-order valence-electron chi connectivity index (χ0n) is 13.0. The lowest BCUT2D eigenvalue weighted by Gasteiger charge is -2.33. The number of benzene rings is 1. The van der Waals surface area contributed by atoms with E-state index in [1.54, 1.807) is 0 Å². The van der Waals surface area contributed by atoms with Crippen LogP contribution in [0.5, 0.6) is 0 Å². The number of halogens is 1. The first kappa shape index (κ1) is 16.5. The number of piperidine rings is 1. The van der Waals surface area contributed by atoms with Crippen LogP contribution in [-0.2, 0) is 4.79 Å². The average molecular weight is 395 g/mol. The summed E-state index contributed by atoms with van der Waals surface area (Å²) in [6.07, 6.45) is 3.43. The van der Waals surface area contributed by atoms with Gasteiger partial charge in [-0.3, -0.25) is 9.89 Å². The molecule has 1 aromatic carbocycles. The van der Waals surface area contributed by atoms with Crippen LogP contribution in [0.4, 0.5) is 0 Å². The molecule has 0 radical (unpaired) electrons. The summed E-state index contributed by atoms with van der Waals surface area (Å²) in [6, 6.07) is 8.22. The quantitative estimate of drug-likeness (QED) is 0.802. The Balaban J connectivity index is 1.58. The highest BCUT2D eigenvalue weighted by molar-refractivity contribution is 9.10. The van der Waals surface area contributed by atoms with Crippen LogP contribution in [0.1, 0.15) is 26.2 Å². The molecule has 1 N–H and O–H groups in total. The molecule has 1 aromatic heterocycles. The third kappa shape index (κ3) is 4.14. The maximum atomic E-state index is 12.3. The van der Waals surface area contributed by atoms with Gasteiger partial charge in [0.2, 0.25) is 11.1 Å². The number of thioether (sulfide) groups is 1. The fourth-order valence-electron chi connectivity index (χ4n) is 2.73. The molecule has 7 heteroatoms. The van der Waals surface area contributed by atoms with Crippen LogP contribution in [0.2, 0.25) is 0 Å². The van der Waals surface area contributed by atoms with Gasteiger partial charge in [0, 0.05) is 22.6 Å². The van der Waals surface area contributed by atoms with Crippen molar-refractivity contribution in [3.63, 3.8) is 0 Å². The van der Waals surface area contributed by atoms with Crippen LogP contribution in [0, 0.1) is 0 Å². The fourth-order valence-corrected chi connectivity index (χ4v) is 3.67. The number of hydrogen-bond acceptors (Lipinski definition) is 4. The van der Waals surface area contributed by atoms with Crippen LogP contribution < -0.4 is 0 Å². The average Bonchev–Trinajstić information content (AvgIpc) is 3.03. The van der Waals surface area contributed by atoms with Crippen molar-refractivity contribution in [3.8, 4) is 11.4 Å². The number of aromatic nitrogens is 3. The second kappa shape index (κ2) is 7.49. The highest BCUT2D eigenvalue weighted by Crippen LogP contribution is 2.23. The second-order valence-corrected chi connectivity index (χ2v) is 7.55. The molecule has 0 bridgehead atoms. The van der Waals surface area contributed by atoms with Crippen LogP contribution >= 0.6 is 27.7 Å². The second-order valence-electron chi connectivity index (χ2n) is 5.69. The Morgan fingerprint density at radius 3 is 2.91 bits per heavy atom. The minimum Gasteiger partial charge on any atom is -0.339 e. The topological polar surface area (TPSA) is 61.9 Å². The van der Waals surface area contributed by atoms with E-state index in [2.05, 4.69) is 38.0 Å². The molecule has 0 spiro atoms. The Hall–Kier alpha value is -1.34. The van der Waals surface area contributed by atoms with Crippen LogP contribution in [0.25, 0.3) is 11.4 Å². The third-order valence-corrected chi connectivity index (χ3v) is 5.39. The van der Waals surface area contributed by atoms with Crippen LogP contribution in [0.3, 0.4) is 0 Å². The number of likely N-dealkylation sites (tertiary alicyclic amines) is 1. The van der Waals surface area contributed by atoms with E-state index in [-0.39, 0.29) is 5.91 Å². The normalized spacial score (nSPS) is 18.2. The Morgan fingerprint density at radius 2 is 2.17 bits per heavy atom. The summed E-state index contributed by atoms with van der Waals surface area (Å²) in [5, 5.41) is 7.74. The van der Waals surface area contributed by atoms with Crippen LogP contribution in [0.15, 0.2) is 33.9 Å². The zero-order chi connectivity index (χ0) is 16.2. The van der Waals surface area contributed by atoms with Gasteiger partial charge in [-0.15, -0.1) is 5.10 Å². The largest absolute Gasteiger partial charge is 0.339 e. The van der Waals surface area contributed by atoms with Crippen molar-refractivity contribution in [2.24, 2.45) is 0 Å². The molecule has 0 unspecified atom stereocenters. The first-order valence-corrected chi connectivity index (χ1v) is 9.52. The van der Waals surface area contributed by atoms with E-state index in [0.717, 1.165) is 35.2 Å². The molecule has 1 fully saturated rings. The number of rotatable bonds is 4. The molecule has 1 atom stereocenters. The number of hydrogen-bond donors (Lipinski definition) is 1. The van der Waals surface area contributed by atoms with E-state index >= 15 is 0 Å². The van der Waals surface area contributed by atoms with Crippen molar-refractivity contribution in [2.45, 2.75) is 37.4 Å². The van der Waals surface area contributed by atoms with Crippen molar-refractivity contribution in [1.29, 1.82) is 0 Å². The van der Waals surface area contributed by atoms with E-state index in [0.29, 0.717) is 17.0 Å². The van der Waals surface area contributed by atoms with Crippen molar-refractivity contribution < 1.29 is 4.79 Å². The summed E-state index contributed by atoms with van der Waals surface area (Å²) >= 11 is 4.80. The molecule has 3 rings (SSSR count). The number of nitrogens with zero attached hydrogens (tertiary/aromatic N) is 3. The molecule has 1 amide bonds. The molecule has 122 valence electrons. The van der Waals surface area contributed by atoms with Crippen molar-refractivity contribution >= 4 is 33.6 Å². The molecule has 0 saturated carbocycles. The van der Waals surface area contributed by atoms with Gasteiger partial charge in [0.15, 0.2) is 5.82 Å². The fraction of sp³-hybridized carbons (Fsp3) is 0.438. The summed E-state index contributed by atoms with van der Waals surface area (Å²) in [4.78, 5) is 18.8. The number of nitrogens with one attached hydrogen (secondary N) is 1. The van der Waals surface area contributed by atoms with Gasteiger partial charge in [0.25, 0.3) is 0 Å². The lowest BCUT2D eigenvalue weighted by atomic mass is 10.0. The predicted octanol–water partition coefficient (Wildman–Crippen LogP) is 3.73. The highest BCUT2D eigenvalue weighted by Gasteiger charge is 2.23. The first-order chi connectivity index (χ1) is 11.1. The van der Waals surface area contributed by atoms with E-state index < -0.39 is 0 Å². The number of carbonyl (C=O) groups is 1. The van der Waals surface area contributed by atoms with Gasteiger partial charge >= 0.3 is 0 Å². The summed E-state index contributed by atoms with van der Waals surface area (Å²) in [5.74, 6) is 1.29. The highest BCUT2D eigenvalue weighted by atomic mass is 79.9. The standard InChI is InChI=1S/C16H19BrN4OS/c1-11-4-2-3-9-21(11)14(22)10-23-16-18-15(19-20-16)12-5-7-13(17)8-6-12/h5-8,11H,2-4,9-10H2,1H3,(H,18,19,20)/t11-/m1/s1. The molecule has 0 aliphatic carbocycles. The number of amides is 1. The Kier molecular flexibility index (Phi) is 5.38. The monoisotopic (exact) mass is 394 g/mol. The van der Waals surface area contributed by atoms with Gasteiger partial charge in [-0.1, -0.05) is 39.8 Å². The Labute approximate surface area is 148 Å². The molecule has 1 saturated heterocycles. The van der Waals surface area contributed by atoms with E-state index in [4.69, 9.17) is 0 Å². The summed E-state index contributed by atoms with van der Waals surface area (Å²) in [6.45, 7) is 3.00. The molecule has 2 heterocycles. The molecule has 2 aromatic rings. The maximum absolute atomic E-state index is 12.3. The van der Waals surface area contributed by atoms with Crippen molar-refractivity contribution in [2.75, 3.05) is 12.3 Å². The molecular weight excluding hydrogens is 376 g/mol. The van der Waals surface area contributed by atoms with E-state index in [1.807, 2.05) is 29.2 Å². The van der Waals surface area contributed by atoms with Crippen LogP contribution in [-0.4, -0.2) is 44.3 Å². The zero-order valence-corrected chi connectivity index (χ0v) is 15.4. The summed E-state index contributed by atoms with van der Waals surface area (Å²) in [5.41, 5.74) is 0.975. The Bertz CT molecular complexity index is 673. The minimum atomic E-state index is 0.178. The number of carbonyl (C=O) groups excluding carboxylic acids is 1. The Morgan fingerprint density at radius 1 is 1.39 bits per heavy atom. The van der Waals surface area contributed by atoms with Crippen molar-refractivity contribution in [3.05, 3.63) is 28.7 Å². The van der Waals surface area contributed by atoms with Crippen molar-refractivity contribution in [1.82, 2.24) is 20.1 Å². The van der Waals surface area contributed by atoms with Gasteiger partial charge in [-0.05, 0) is 38.3 Å². The van der Waals surface area contributed by atoms with Gasteiger partial charge < -0.3 is 4.90 Å². The molecule has 1 aliphatic rings. The van der Waals surface area contributed by atoms with Gasteiger partial charge in [-0.25, -0.2) is 4.98 Å². The van der Waals surface area contributed by atoms with Gasteiger partial charge in [0.1, 0.15) is 0 Å². The molecular formula is C16H19BrN4OS. The molecule has 1 aliphatic heterocycles. The summed E-state index contributed by atoms with van der Waals surface area (Å²) < 4.78 is 1.02. The third-order valence-electron chi connectivity index (χ3n) is 4.03. The SMILES string of the molecule is C[C@@H]1CCCCN1C(=O)CSc1n[nH]c(-c2ccc(Br)cc2)n1. The summed E-state index contributed by atoms with van der Waals surface area (Å²) in [7, 11) is 0. The maximum Gasteiger partial charge on any atom is 0.233 e. The first-order valence-electron chi connectivity index (χ1n) is 7.74. The number of H-pyrrole nitrogens is 1. The van der Waals surface area contributed by atoms with Gasteiger partial charge in [-0.2, -0.15) is 0 Å². The lowest BCUT2D eigenvalue weighted by Crippen LogP contribution is -2.42. The molecule has 5 nitrogen and oxygen atoms in total. The van der Waals surface area contributed by atoms with E-state index in [1.165, 1.54) is 18.2 Å².